The Labute approximate surface area is 159 Å². The van der Waals surface area contributed by atoms with Crippen molar-refractivity contribution in [1.82, 2.24) is 14.5 Å². The zero-order chi connectivity index (χ0) is 18.6. The number of pyridine rings is 1. The van der Waals surface area contributed by atoms with Crippen LogP contribution in [0.15, 0.2) is 54.9 Å². The monoisotopic (exact) mass is 363 g/mol. The Balaban J connectivity index is 1.58. The summed E-state index contributed by atoms with van der Waals surface area (Å²) < 4.78 is 7.82. The summed E-state index contributed by atoms with van der Waals surface area (Å²) in [5, 5.41) is 0.995. The number of hydrogen-bond donors (Lipinski definition) is 0. The summed E-state index contributed by atoms with van der Waals surface area (Å²) in [5.41, 5.74) is 2.74. The van der Waals surface area contributed by atoms with Gasteiger partial charge in [0.1, 0.15) is 0 Å². The lowest BCUT2D eigenvalue weighted by molar-refractivity contribution is 0.0694. The number of carbonyl (C=O) groups is 1. The Morgan fingerprint density at radius 2 is 2.11 bits per heavy atom. The van der Waals surface area contributed by atoms with Gasteiger partial charge in [-0.2, -0.15) is 0 Å². The van der Waals surface area contributed by atoms with Crippen LogP contribution in [0.4, 0.5) is 0 Å². The number of hydrogen-bond acceptors (Lipinski definition) is 3. The average Bonchev–Trinajstić information content (AvgIpc) is 3.05. The number of carbonyl (C=O) groups excluding carboxylic acids is 1. The summed E-state index contributed by atoms with van der Waals surface area (Å²) in [6, 6.07) is 14.0. The smallest absolute Gasteiger partial charge is 0.255 e. The Kier molecular flexibility index (Phi) is 5.21. The van der Waals surface area contributed by atoms with Crippen LogP contribution in [0.5, 0.6) is 0 Å². The van der Waals surface area contributed by atoms with Crippen LogP contribution in [0.2, 0.25) is 0 Å². The molecule has 2 aromatic heterocycles. The Bertz CT molecular complexity index is 934. The number of para-hydroxylation sites is 1. The van der Waals surface area contributed by atoms with Crippen LogP contribution < -0.4 is 0 Å². The number of ether oxygens (including phenoxy) is 1. The second-order valence-electron chi connectivity index (χ2n) is 7.11. The van der Waals surface area contributed by atoms with Crippen molar-refractivity contribution in [2.45, 2.75) is 26.4 Å². The van der Waals surface area contributed by atoms with E-state index in [-0.39, 0.29) is 5.91 Å². The maximum absolute atomic E-state index is 13.2. The van der Waals surface area contributed by atoms with Gasteiger partial charge in [-0.1, -0.05) is 18.2 Å². The minimum Gasteiger partial charge on any atom is -0.382 e. The molecule has 0 fully saturated rings. The van der Waals surface area contributed by atoms with E-state index in [1.165, 1.54) is 5.69 Å². The maximum Gasteiger partial charge on any atom is 0.255 e. The third-order valence-electron chi connectivity index (χ3n) is 5.21. The molecule has 5 nitrogen and oxygen atoms in total. The number of amides is 1. The van der Waals surface area contributed by atoms with Gasteiger partial charge in [0.25, 0.3) is 5.91 Å². The van der Waals surface area contributed by atoms with E-state index in [2.05, 4.69) is 27.9 Å². The van der Waals surface area contributed by atoms with E-state index in [0.717, 1.165) is 43.6 Å². The summed E-state index contributed by atoms with van der Waals surface area (Å²) in [6.45, 7) is 5.77. The topological polar surface area (TPSA) is 47.4 Å². The third-order valence-corrected chi connectivity index (χ3v) is 5.21. The fourth-order valence-corrected chi connectivity index (χ4v) is 3.78. The fourth-order valence-electron chi connectivity index (χ4n) is 3.78. The summed E-state index contributed by atoms with van der Waals surface area (Å²) in [5.74, 6) is 0.423. The molecule has 27 heavy (non-hydrogen) atoms. The number of aromatic nitrogens is 2. The van der Waals surface area contributed by atoms with Crippen LogP contribution in [0.3, 0.4) is 0 Å². The Morgan fingerprint density at radius 1 is 1.22 bits per heavy atom. The van der Waals surface area contributed by atoms with Gasteiger partial charge in [-0.05, 0) is 43.5 Å². The van der Waals surface area contributed by atoms with E-state index >= 15 is 0 Å². The predicted octanol–water partition coefficient (Wildman–Crippen LogP) is 3.74. The summed E-state index contributed by atoms with van der Waals surface area (Å²) in [7, 11) is 0. The number of benzene rings is 1. The van der Waals surface area contributed by atoms with Gasteiger partial charge >= 0.3 is 0 Å². The molecule has 4 rings (SSSR count). The minimum atomic E-state index is 0.0457. The van der Waals surface area contributed by atoms with E-state index in [1.54, 1.807) is 6.20 Å². The van der Waals surface area contributed by atoms with E-state index < -0.39 is 0 Å². The van der Waals surface area contributed by atoms with Crippen molar-refractivity contribution in [3.63, 3.8) is 0 Å². The molecular formula is C22H25N3O2. The molecule has 1 aliphatic heterocycles. The van der Waals surface area contributed by atoms with Gasteiger partial charge in [0.2, 0.25) is 0 Å². The van der Waals surface area contributed by atoms with Crippen molar-refractivity contribution in [1.29, 1.82) is 0 Å². The standard InChI is InChI=1S/C22H25N3O2/c1-2-27-11-9-17-14-24-10-5-7-20(24)16-25(15-17)22(26)19-12-18-6-3-4-8-21(18)23-13-19/h3-8,10,12-13,17H,2,9,11,14-16H2,1H3. The normalized spacial score (nSPS) is 16.9. The molecule has 5 heteroatoms. The van der Waals surface area contributed by atoms with Gasteiger partial charge in [-0.3, -0.25) is 9.78 Å². The summed E-state index contributed by atoms with van der Waals surface area (Å²) in [6.07, 6.45) is 4.75. The molecule has 0 saturated heterocycles. The second-order valence-corrected chi connectivity index (χ2v) is 7.11. The van der Waals surface area contributed by atoms with Crippen molar-refractivity contribution in [3.05, 3.63) is 66.1 Å². The highest BCUT2D eigenvalue weighted by molar-refractivity contribution is 5.97. The molecular weight excluding hydrogens is 338 g/mol. The highest BCUT2D eigenvalue weighted by Crippen LogP contribution is 2.22. The molecule has 1 aliphatic rings. The van der Waals surface area contributed by atoms with E-state index in [9.17, 15) is 4.79 Å². The SMILES string of the molecule is CCOCCC1CN(C(=O)c2cnc3ccccc3c2)Cc2cccn2C1. The van der Waals surface area contributed by atoms with Crippen molar-refractivity contribution >= 4 is 16.8 Å². The Morgan fingerprint density at radius 3 is 3.00 bits per heavy atom. The second kappa shape index (κ2) is 7.92. The third kappa shape index (κ3) is 3.88. The summed E-state index contributed by atoms with van der Waals surface area (Å²) >= 11 is 0. The van der Waals surface area contributed by atoms with Crippen LogP contribution in [-0.4, -0.2) is 40.1 Å². The number of nitrogens with zero attached hydrogens (tertiary/aromatic N) is 3. The molecule has 0 bridgehead atoms. The van der Waals surface area contributed by atoms with Crippen molar-refractivity contribution in [2.75, 3.05) is 19.8 Å². The molecule has 0 N–H and O–H groups in total. The van der Waals surface area contributed by atoms with Gasteiger partial charge in [-0.25, -0.2) is 0 Å². The summed E-state index contributed by atoms with van der Waals surface area (Å²) in [4.78, 5) is 19.7. The predicted molar refractivity (Wildman–Crippen MR) is 106 cm³/mol. The molecule has 1 atom stereocenters. The lowest BCUT2D eigenvalue weighted by Crippen LogP contribution is -2.34. The van der Waals surface area contributed by atoms with Gasteiger partial charge in [-0.15, -0.1) is 0 Å². The van der Waals surface area contributed by atoms with E-state index in [0.29, 0.717) is 18.0 Å². The van der Waals surface area contributed by atoms with Crippen LogP contribution >= 0.6 is 0 Å². The maximum atomic E-state index is 13.2. The largest absolute Gasteiger partial charge is 0.382 e. The van der Waals surface area contributed by atoms with Crippen LogP contribution in [-0.2, 0) is 17.8 Å². The zero-order valence-electron chi connectivity index (χ0n) is 15.7. The molecule has 1 aromatic carbocycles. The lowest BCUT2D eigenvalue weighted by Gasteiger charge is -2.24. The van der Waals surface area contributed by atoms with Gasteiger partial charge < -0.3 is 14.2 Å². The van der Waals surface area contributed by atoms with Crippen LogP contribution in [0.25, 0.3) is 10.9 Å². The number of rotatable bonds is 5. The fraction of sp³-hybridized carbons (Fsp3) is 0.364. The molecule has 0 spiro atoms. The first-order valence-corrected chi connectivity index (χ1v) is 9.60. The molecule has 1 unspecified atom stereocenters. The Hall–Kier alpha value is -2.66. The zero-order valence-corrected chi connectivity index (χ0v) is 15.7. The van der Waals surface area contributed by atoms with Crippen LogP contribution in [0, 0.1) is 5.92 Å². The number of fused-ring (bicyclic) bond motifs is 2. The minimum absolute atomic E-state index is 0.0457. The molecule has 0 radical (unpaired) electrons. The molecule has 0 aliphatic carbocycles. The quantitative estimate of drug-likeness (QED) is 0.649. The molecule has 3 heterocycles. The van der Waals surface area contributed by atoms with E-state index in [1.807, 2.05) is 42.2 Å². The van der Waals surface area contributed by atoms with Crippen LogP contribution in [0.1, 0.15) is 29.4 Å². The van der Waals surface area contributed by atoms with E-state index in [4.69, 9.17) is 4.74 Å². The lowest BCUT2D eigenvalue weighted by atomic mass is 10.0. The molecule has 0 saturated carbocycles. The van der Waals surface area contributed by atoms with Gasteiger partial charge in [0.15, 0.2) is 0 Å². The molecule has 1 amide bonds. The molecule has 140 valence electrons. The van der Waals surface area contributed by atoms with Crippen molar-refractivity contribution in [3.8, 4) is 0 Å². The average molecular weight is 363 g/mol. The van der Waals surface area contributed by atoms with Gasteiger partial charge in [0.05, 0.1) is 17.6 Å². The van der Waals surface area contributed by atoms with Crippen molar-refractivity contribution < 1.29 is 9.53 Å². The highest BCUT2D eigenvalue weighted by Gasteiger charge is 2.25. The molecule has 3 aromatic rings. The highest BCUT2D eigenvalue weighted by atomic mass is 16.5. The first-order valence-electron chi connectivity index (χ1n) is 9.60. The first kappa shape index (κ1) is 17.7. The first-order chi connectivity index (χ1) is 13.2. The van der Waals surface area contributed by atoms with Gasteiger partial charge in [0, 0.05) is 49.8 Å². The van der Waals surface area contributed by atoms with Crippen molar-refractivity contribution in [2.24, 2.45) is 5.92 Å².